The zero-order valence-corrected chi connectivity index (χ0v) is 12.2. The van der Waals surface area contributed by atoms with E-state index in [2.05, 4.69) is 26.3 Å². The van der Waals surface area contributed by atoms with Crippen LogP contribution in [0.5, 0.6) is 0 Å². The number of benzene rings is 1. The summed E-state index contributed by atoms with van der Waals surface area (Å²) in [5, 5.41) is 7.54. The first-order valence-corrected chi connectivity index (χ1v) is 6.70. The third-order valence-electron chi connectivity index (χ3n) is 2.81. The molecule has 1 heterocycles. The van der Waals surface area contributed by atoms with Crippen molar-refractivity contribution in [3.8, 4) is 0 Å². The Morgan fingerprint density at radius 2 is 2.11 bits per heavy atom. The largest absolute Gasteiger partial charge is 0.305 e. The van der Waals surface area contributed by atoms with Crippen LogP contribution in [-0.2, 0) is 7.05 Å². The van der Waals surface area contributed by atoms with Gasteiger partial charge in [0.15, 0.2) is 11.6 Å². The molecule has 0 bridgehead atoms. The molecule has 2 rings (SSSR count). The van der Waals surface area contributed by atoms with Crippen molar-refractivity contribution in [1.29, 1.82) is 0 Å². The summed E-state index contributed by atoms with van der Waals surface area (Å²) in [6, 6.07) is 4.25. The average Bonchev–Trinajstić information content (AvgIpc) is 2.81. The Labute approximate surface area is 118 Å². The number of hydrogen-bond acceptors (Lipinski definition) is 2. The van der Waals surface area contributed by atoms with E-state index >= 15 is 0 Å². The van der Waals surface area contributed by atoms with Crippen LogP contribution in [-0.4, -0.2) is 16.3 Å². The predicted octanol–water partition coefficient (Wildman–Crippen LogP) is 3.16. The maximum Gasteiger partial charge on any atom is 0.173 e. The van der Waals surface area contributed by atoms with E-state index < -0.39 is 11.6 Å². The molecule has 19 heavy (non-hydrogen) atoms. The highest BCUT2D eigenvalue weighted by Gasteiger charge is 2.21. The minimum Gasteiger partial charge on any atom is -0.305 e. The van der Waals surface area contributed by atoms with E-state index in [1.807, 2.05) is 26.2 Å². The predicted molar refractivity (Wildman–Crippen MR) is 72.8 cm³/mol. The quantitative estimate of drug-likeness (QED) is 0.873. The maximum atomic E-state index is 13.6. The first kappa shape index (κ1) is 14.1. The van der Waals surface area contributed by atoms with Gasteiger partial charge in [-0.3, -0.25) is 4.68 Å². The molecule has 0 radical (unpaired) electrons. The Morgan fingerprint density at radius 3 is 2.68 bits per heavy atom. The summed E-state index contributed by atoms with van der Waals surface area (Å²) >= 11 is 3.12. The second-order valence-electron chi connectivity index (χ2n) is 4.17. The lowest BCUT2D eigenvalue weighted by Gasteiger charge is -2.18. The monoisotopic (exact) mass is 329 g/mol. The minimum absolute atomic E-state index is 0.129. The van der Waals surface area contributed by atoms with Gasteiger partial charge in [-0.2, -0.15) is 5.10 Å². The summed E-state index contributed by atoms with van der Waals surface area (Å²) in [6.07, 6.45) is 1.81. The topological polar surface area (TPSA) is 29.9 Å². The van der Waals surface area contributed by atoms with E-state index in [-0.39, 0.29) is 10.5 Å². The van der Waals surface area contributed by atoms with Crippen LogP contribution in [0.25, 0.3) is 0 Å². The van der Waals surface area contributed by atoms with Crippen molar-refractivity contribution >= 4 is 15.9 Å². The van der Waals surface area contributed by atoms with Crippen molar-refractivity contribution in [3.63, 3.8) is 0 Å². The second kappa shape index (κ2) is 5.79. The van der Waals surface area contributed by atoms with Gasteiger partial charge in [-0.15, -0.1) is 0 Å². The molecule has 0 aliphatic rings. The zero-order valence-electron chi connectivity index (χ0n) is 10.6. The molecular weight excluding hydrogens is 316 g/mol. The molecule has 0 saturated heterocycles. The van der Waals surface area contributed by atoms with Gasteiger partial charge in [-0.25, -0.2) is 8.78 Å². The van der Waals surface area contributed by atoms with Crippen LogP contribution in [0.2, 0.25) is 0 Å². The van der Waals surface area contributed by atoms with Crippen LogP contribution in [0.1, 0.15) is 24.2 Å². The van der Waals surface area contributed by atoms with Crippen molar-refractivity contribution in [2.45, 2.75) is 13.0 Å². The number of aromatic nitrogens is 2. The van der Waals surface area contributed by atoms with Crippen LogP contribution in [0.4, 0.5) is 8.78 Å². The first-order valence-electron chi connectivity index (χ1n) is 5.91. The van der Waals surface area contributed by atoms with Crippen LogP contribution in [0, 0.1) is 11.6 Å². The second-order valence-corrected chi connectivity index (χ2v) is 4.96. The number of nitrogens with one attached hydrogen (secondary N) is 1. The fraction of sp³-hybridized carbons (Fsp3) is 0.308. The normalized spacial score (nSPS) is 12.7. The van der Waals surface area contributed by atoms with Gasteiger partial charge in [0.1, 0.15) is 0 Å². The fourth-order valence-electron chi connectivity index (χ4n) is 1.93. The molecular formula is C13H14BrF2N3. The van der Waals surface area contributed by atoms with Gasteiger partial charge in [0.25, 0.3) is 0 Å². The van der Waals surface area contributed by atoms with Crippen molar-refractivity contribution in [2.75, 3.05) is 6.54 Å². The Kier molecular flexibility index (Phi) is 4.31. The summed E-state index contributed by atoms with van der Waals surface area (Å²) in [7, 11) is 1.81. The summed E-state index contributed by atoms with van der Waals surface area (Å²) in [6.45, 7) is 2.64. The van der Waals surface area contributed by atoms with Gasteiger partial charge < -0.3 is 5.32 Å². The van der Waals surface area contributed by atoms with E-state index in [0.717, 1.165) is 11.8 Å². The molecule has 1 atom stereocenters. The highest BCUT2D eigenvalue weighted by molar-refractivity contribution is 9.10. The Bertz CT molecular complexity index is 583. The molecule has 0 saturated carbocycles. The molecule has 2 aromatic rings. The van der Waals surface area contributed by atoms with Crippen molar-refractivity contribution in [2.24, 2.45) is 7.05 Å². The number of halogens is 3. The molecule has 0 fully saturated rings. The molecule has 3 nitrogen and oxygen atoms in total. The van der Waals surface area contributed by atoms with E-state index in [4.69, 9.17) is 0 Å². The highest BCUT2D eigenvalue weighted by Crippen LogP contribution is 2.30. The summed E-state index contributed by atoms with van der Waals surface area (Å²) < 4.78 is 28.6. The summed E-state index contributed by atoms with van der Waals surface area (Å²) in [5.74, 6) is -1.75. The average molecular weight is 330 g/mol. The van der Waals surface area contributed by atoms with Gasteiger partial charge in [0.05, 0.1) is 16.2 Å². The van der Waals surface area contributed by atoms with Gasteiger partial charge in [-0.1, -0.05) is 13.0 Å². The van der Waals surface area contributed by atoms with E-state index in [9.17, 15) is 8.78 Å². The fourth-order valence-corrected chi connectivity index (χ4v) is 2.48. The lowest BCUT2D eigenvalue weighted by molar-refractivity contribution is 0.497. The molecule has 6 heteroatoms. The van der Waals surface area contributed by atoms with E-state index in [0.29, 0.717) is 12.1 Å². The Morgan fingerprint density at radius 1 is 1.37 bits per heavy atom. The number of aryl methyl sites for hydroxylation is 1. The van der Waals surface area contributed by atoms with Gasteiger partial charge in [-0.05, 0) is 40.2 Å². The number of rotatable bonds is 4. The van der Waals surface area contributed by atoms with Crippen LogP contribution in [0.15, 0.2) is 28.9 Å². The van der Waals surface area contributed by atoms with Crippen molar-refractivity contribution in [3.05, 3.63) is 51.8 Å². The molecule has 0 amide bonds. The lowest BCUT2D eigenvalue weighted by atomic mass is 10.0. The molecule has 0 spiro atoms. The van der Waals surface area contributed by atoms with Crippen molar-refractivity contribution < 1.29 is 8.78 Å². The summed E-state index contributed by atoms with van der Waals surface area (Å²) in [4.78, 5) is 0. The first-order chi connectivity index (χ1) is 9.04. The third kappa shape index (κ3) is 2.84. The van der Waals surface area contributed by atoms with Gasteiger partial charge in [0, 0.05) is 13.2 Å². The van der Waals surface area contributed by atoms with Crippen molar-refractivity contribution in [1.82, 2.24) is 15.1 Å². The Balaban J connectivity index is 2.48. The molecule has 1 aromatic carbocycles. The molecule has 0 aliphatic carbocycles. The standard InChI is InChI=1S/C13H14BrF2N3/c1-3-17-13(10-6-7-19(2)18-10)8-4-5-9(15)12(16)11(8)14/h4-7,13,17H,3H2,1-2H3. The molecule has 1 N–H and O–H groups in total. The molecule has 0 aliphatic heterocycles. The molecule has 1 aromatic heterocycles. The zero-order chi connectivity index (χ0) is 14.0. The van der Waals surface area contributed by atoms with Gasteiger partial charge >= 0.3 is 0 Å². The van der Waals surface area contributed by atoms with Gasteiger partial charge in [0.2, 0.25) is 0 Å². The molecule has 102 valence electrons. The van der Waals surface area contributed by atoms with Crippen LogP contribution >= 0.6 is 15.9 Å². The van der Waals surface area contributed by atoms with Crippen LogP contribution in [0.3, 0.4) is 0 Å². The SMILES string of the molecule is CCNC(c1ccn(C)n1)c1ccc(F)c(F)c1Br. The lowest BCUT2D eigenvalue weighted by Crippen LogP contribution is -2.23. The minimum atomic E-state index is -0.878. The summed E-state index contributed by atoms with van der Waals surface area (Å²) in [5.41, 5.74) is 1.38. The van der Waals surface area contributed by atoms with Crippen LogP contribution < -0.4 is 5.32 Å². The highest BCUT2D eigenvalue weighted by atomic mass is 79.9. The Hall–Kier alpha value is -1.27. The van der Waals surface area contributed by atoms with E-state index in [1.54, 1.807) is 10.7 Å². The molecule has 1 unspecified atom stereocenters. The number of hydrogen-bond donors (Lipinski definition) is 1. The maximum absolute atomic E-state index is 13.6. The third-order valence-corrected chi connectivity index (χ3v) is 3.62. The smallest absolute Gasteiger partial charge is 0.173 e. The van der Waals surface area contributed by atoms with E-state index in [1.165, 1.54) is 0 Å². The number of nitrogens with zero attached hydrogens (tertiary/aromatic N) is 2.